The van der Waals surface area contributed by atoms with Crippen molar-refractivity contribution in [1.29, 1.82) is 0 Å². The summed E-state index contributed by atoms with van der Waals surface area (Å²) in [7, 11) is 0. The predicted octanol–water partition coefficient (Wildman–Crippen LogP) is 2.18. The number of H-pyrrole nitrogens is 1. The Morgan fingerprint density at radius 1 is 1.39 bits per heavy atom. The van der Waals surface area contributed by atoms with E-state index in [4.69, 9.17) is 23.2 Å². The van der Waals surface area contributed by atoms with Crippen LogP contribution in [0.3, 0.4) is 0 Å². The maximum Gasteiger partial charge on any atom is 0.253 e. The largest absolute Gasteiger partial charge is 0.345 e. The summed E-state index contributed by atoms with van der Waals surface area (Å²) in [5.74, 6) is -0.744. The lowest BCUT2D eigenvalue weighted by Gasteiger charge is -2.06. The van der Waals surface area contributed by atoms with Crippen LogP contribution in [0.2, 0.25) is 10.0 Å². The van der Waals surface area contributed by atoms with Crippen molar-refractivity contribution in [2.75, 3.05) is 0 Å². The lowest BCUT2D eigenvalue weighted by atomic mass is 10.2. The summed E-state index contributed by atoms with van der Waals surface area (Å²) >= 11 is 11.3. The highest BCUT2D eigenvalue weighted by molar-refractivity contribution is 6.36. The molecule has 0 unspecified atom stereocenters. The lowest BCUT2D eigenvalue weighted by Crippen LogP contribution is -2.24. The fourth-order valence-electron chi connectivity index (χ4n) is 1.27. The van der Waals surface area contributed by atoms with Gasteiger partial charge in [0, 0.05) is 0 Å². The zero-order valence-corrected chi connectivity index (χ0v) is 10.4. The third kappa shape index (κ3) is 2.77. The quantitative estimate of drug-likeness (QED) is 0.851. The third-order valence-corrected chi connectivity index (χ3v) is 2.74. The van der Waals surface area contributed by atoms with Gasteiger partial charge in [0.15, 0.2) is 0 Å². The molecule has 94 valence electrons. The Labute approximate surface area is 111 Å². The van der Waals surface area contributed by atoms with Gasteiger partial charge in [-0.25, -0.2) is 9.37 Å². The monoisotopic (exact) mass is 288 g/mol. The number of aromatic nitrogens is 3. The zero-order valence-electron chi connectivity index (χ0n) is 8.88. The number of hydrogen-bond acceptors (Lipinski definition) is 3. The van der Waals surface area contributed by atoms with Crippen LogP contribution in [0.5, 0.6) is 0 Å². The molecule has 8 heteroatoms. The van der Waals surface area contributed by atoms with Crippen molar-refractivity contribution in [2.24, 2.45) is 0 Å². The van der Waals surface area contributed by atoms with E-state index < -0.39 is 11.7 Å². The average Bonchev–Trinajstić information content (AvgIpc) is 2.84. The van der Waals surface area contributed by atoms with E-state index in [1.54, 1.807) is 0 Å². The first-order valence-corrected chi connectivity index (χ1v) is 5.60. The van der Waals surface area contributed by atoms with Crippen LogP contribution in [0.15, 0.2) is 18.5 Å². The van der Waals surface area contributed by atoms with Gasteiger partial charge in [0.25, 0.3) is 5.91 Å². The van der Waals surface area contributed by atoms with Crippen molar-refractivity contribution in [1.82, 2.24) is 20.5 Å². The van der Waals surface area contributed by atoms with Crippen LogP contribution in [-0.2, 0) is 6.54 Å². The van der Waals surface area contributed by atoms with Gasteiger partial charge in [0.05, 0.1) is 22.2 Å². The molecule has 0 aliphatic rings. The fourth-order valence-corrected chi connectivity index (χ4v) is 1.74. The first-order chi connectivity index (χ1) is 8.58. The van der Waals surface area contributed by atoms with Crippen LogP contribution in [0.4, 0.5) is 4.39 Å². The van der Waals surface area contributed by atoms with Gasteiger partial charge in [-0.1, -0.05) is 23.2 Å². The minimum atomic E-state index is -0.703. The second-order valence-corrected chi connectivity index (χ2v) is 4.18. The van der Waals surface area contributed by atoms with E-state index in [2.05, 4.69) is 20.5 Å². The van der Waals surface area contributed by atoms with E-state index in [9.17, 15) is 9.18 Å². The molecule has 0 spiro atoms. The van der Waals surface area contributed by atoms with Gasteiger partial charge in [0.1, 0.15) is 18.0 Å². The second kappa shape index (κ2) is 5.32. The van der Waals surface area contributed by atoms with Crippen LogP contribution in [-0.4, -0.2) is 21.1 Å². The van der Waals surface area contributed by atoms with Crippen molar-refractivity contribution in [3.8, 4) is 0 Å². The number of carbonyl (C=O) groups is 1. The van der Waals surface area contributed by atoms with Gasteiger partial charge in [-0.15, -0.1) is 0 Å². The van der Waals surface area contributed by atoms with Crippen molar-refractivity contribution >= 4 is 29.1 Å². The molecule has 1 aromatic heterocycles. The first-order valence-electron chi connectivity index (χ1n) is 4.85. The normalized spacial score (nSPS) is 10.4. The Morgan fingerprint density at radius 2 is 2.17 bits per heavy atom. The number of halogens is 3. The molecule has 0 saturated carbocycles. The number of rotatable bonds is 3. The van der Waals surface area contributed by atoms with Crippen LogP contribution < -0.4 is 5.32 Å². The maximum atomic E-state index is 13.2. The summed E-state index contributed by atoms with van der Waals surface area (Å²) in [6.45, 7) is 0.138. The molecule has 0 saturated heterocycles. The molecule has 1 amide bonds. The second-order valence-electron chi connectivity index (χ2n) is 3.36. The fraction of sp³-hybridized carbons (Fsp3) is 0.100. The molecule has 0 radical (unpaired) electrons. The summed E-state index contributed by atoms with van der Waals surface area (Å²) in [6, 6.07) is 2.17. The Morgan fingerprint density at radius 3 is 2.83 bits per heavy atom. The molecule has 0 fully saturated rings. The molecule has 1 heterocycles. The van der Waals surface area contributed by atoms with Gasteiger partial charge in [-0.2, -0.15) is 5.10 Å². The number of aromatic amines is 1. The molecule has 5 nitrogen and oxygen atoms in total. The van der Waals surface area contributed by atoms with Crippen LogP contribution in [0, 0.1) is 5.82 Å². The number of amides is 1. The molecule has 0 aliphatic carbocycles. The van der Waals surface area contributed by atoms with E-state index in [1.807, 2.05) is 0 Å². The van der Waals surface area contributed by atoms with Crippen molar-refractivity contribution in [3.63, 3.8) is 0 Å². The summed E-state index contributed by atoms with van der Waals surface area (Å²) in [5, 5.41) is 8.67. The summed E-state index contributed by atoms with van der Waals surface area (Å²) < 4.78 is 13.2. The third-order valence-electron chi connectivity index (χ3n) is 2.14. The van der Waals surface area contributed by atoms with Gasteiger partial charge < -0.3 is 5.32 Å². The predicted molar refractivity (Wildman–Crippen MR) is 64.0 cm³/mol. The Kier molecular flexibility index (Phi) is 3.78. The van der Waals surface area contributed by atoms with Crippen molar-refractivity contribution in [3.05, 3.63) is 45.7 Å². The molecular formula is C10H7Cl2FN4O. The Bertz CT molecular complexity index is 574. The van der Waals surface area contributed by atoms with Gasteiger partial charge in [-0.05, 0) is 12.1 Å². The maximum absolute atomic E-state index is 13.2. The highest BCUT2D eigenvalue weighted by Gasteiger charge is 2.14. The molecule has 2 rings (SSSR count). The topological polar surface area (TPSA) is 70.7 Å². The van der Waals surface area contributed by atoms with Crippen LogP contribution >= 0.6 is 23.2 Å². The minimum Gasteiger partial charge on any atom is -0.345 e. The SMILES string of the molecule is O=C(NCc1ncn[nH]1)c1cc(F)c(Cl)cc1Cl. The van der Waals surface area contributed by atoms with Crippen LogP contribution in [0.25, 0.3) is 0 Å². The van der Waals surface area contributed by atoms with E-state index in [0.29, 0.717) is 5.82 Å². The number of hydrogen-bond donors (Lipinski definition) is 2. The summed E-state index contributed by atoms with van der Waals surface area (Å²) in [4.78, 5) is 15.6. The average molecular weight is 289 g/mol. The number of benzene rings is 1. The Hall–Kier alpha value is -1.66. The van der Waals surface area contributed by atoms with E-state index in [1.165, 1.54) is 12.4 Å². The molecule has 2 N–H and O–H groups in total. The molecule has 0 bridgehead atoms. The van der Waals surface area contributed by atoms with Gasteiger partial charge >= 0.3 is 0 Å². The number of carbonyl (C=O) groups excluding carboxylic acids is 1. The highest BCUT2D eigenvalue weighted by atomic mass is 35.5. The first kappa shape index (κ1) is 12.8. The lowest BCUT2D eigenvalue weighted by molar-refractivity contribution is 0.0949. The smallest absolute Gasteiger partial charge is 0.253 e. The Balaban J connectivity index is 2.11. The van der Waals surface area contributed by atoms with E-state index >= 15 is 0 Å². The molecule has 0 aliphatic heterocycles. The molecule has 0 atom stereocenters. The number of nitrogens with zero attached hydrogens (tertiary/aromatic N) is 2. The summed E-state index contributed by atoms with van der Waals surface area (Å²) in [5.41, 5.74) is 0.0121. The van der Waals surface area contributed by atoms with E-state index in [-0.39, 0.29) is 22.2 Å². The van der Waals surface area contributed by atoms with Gasteiger partial charge in [0.2, 0.25) is 0 Å². The van der Waals surface area contributed by atoms with Crippen molar-refractivity contribution < 1.29 is 9.18 Å². The standard InChI is InChI=1S/C10H7Cl2FN4O/c11-6-2-7(12)8(13)1-5(6)10(18)14-3-9-15-4-16-17-9/h1-2,4H,3H2,(H,14,18)(H,15,16,17). The zero-order chi connectivity index (χ0) is 13.1. The molecule has 18 heavy (non-hydrogen) atoms. The molecule has 2 aromatic rings. The summed E-state index contributed by atoms with van der Waals surface area (Å²) in [6.07, 6.45) is 1.32. The molecule has 1 aromatic carbocycles. The number of nitrogens with one attached hydrogen (secondary N) is 2. The van der Waals surface area contributed by atoms with E-state index in [0.717, 1.165) is 6.07 Å². The highest BCUT2D eigenvalue weighted by Crippen LogP contribution is 2.24. The van der Waals surface area contributed by atoms with Gasteiger partial charge in [-0.3, -0.25) is 9.89 Å². The minimum absolute atomic E-state index is 0.0121. The van der Waals surface area contributed by atoms with Crippen molar-refractivity contribution in [2.45, 2.75) is 6.54 Å². The van der Waals surface area contributed by atoms with Crippen LogP contribution in [0.1, 0.15) is 16.2 Å². The molecular weight excluding hydrogens is 282 g/mol.